The predicted octanol–water partition coefficient (Wildman–Crippen LogP) is 5.09. The molecular weight excluding hydrogens is 456 g/mol. The Balaban J connectivity index is 1.70. The standard InChI is InChI=1S/C17H12Cl2F5N5O/c18-11-3-9(20)2-1-8(11)5-28-6-10(4-25-28)26-12(30)7-29-15(17(23)24)13(19)14(27-29)16(21)22/h1-4,6,16-17H,5,7H2,(H,26,30). The van der Waals surface area contributed by atoms with Crippen LogP contribution in [0.3, 0.4) is 0 Å². The maximum atomic E-state index is 13.1. The van der Waals surface area contributed by atoms with Crippen LogP contribution in [0.5, 0.6) is 0 Å². The summed E-state index contributed by atoms with van der Waals surface area (Å²) in [5, 5.41) is 9.04. The molecule has 0 aliphatic carbocycles. The third-order valence-corrected chi connectivity index (χ3v) is 4.67. The van der Waals surface area contributed by atoms with Gasteiger partial charge in [-0.15, -0.1) is 0 Å². The van der Waals surface area contributed by atoms with Gasteiger partial charge in [0.15, 0.2) is 0 Å². The molecule has 3 rings (SSSR count). The minimum atomic E-state index is -3.20. The van der Waals surface area contributed by atoms with E-state index in [1.54, 1.807) is 0 Å². The number of carbonyl (C=O) groups excluding carboxylic acids is 1. The molecule has 0 unspecified atom stereocenters. The summed E-state index contributed by atoms with van der Waals surface area (Å²) in [6.45, 7) is -0.585. The van der Waals surface area contributed by atoms with Gasteiger partial charge in [-0.2, -0.15) is 10.2 Å². The van der Waals surface area contributed by atoms with E-state index in [-0.39, 0.29) is 17.3 Å². The molecule has 160 valence electrons. The predicted molar refractivity (Wildman–Crippen MR) is 98.5 cm³/mol. The number of benzene rings is 1. The molecule has 30 heavy (non-hydrogen) atoms. The molecule has 0 bridgehead atoms. The average Bonchev–Trinajstić information content (AvgIpc) is 3.21. The fourth-order valence-corrected chi connectivity index (χ4v) is 3.14. The Labute approximate surface area is 176 Å². The highest BCUT2D eigenvalue weighted by molar-refractivity contribution is 6.32. The molecule has 0 aliphatic heterocycles. The Bertz CT molecular complexity index is 1070. The molecule has 1 amide bonds. The summed E-state index contributed by atoms with van der Waals surface area (Å²) >= 11 is 11.5. The van der Waals surface area contributed by atoms with Crippen molar-refractivity contribution >= 4 is 34.8 Å². The lowest BCUT2D eigenvalue weighted by Gasteiger charge is -2.07. The van der Waals surface area contributed by atoms with Gasteiger partial charge in [-0.3, -0.25) is 14.2 Å². The maximum absolute atomic E-state index is 13.1. The van der Waals surface area contributed by atoms with Gasteiger partial charge in [0.05, 0.1) is 23.5 Å². The quantitative estimate of drug-likeness (QED) is 0.492. The van der Waals surface area contributed by atoms with E-state index in [1.165, 1.54) is 29.2 Å². The second-order valence-electron chi connectivity index (χ2n) is 6.05. The maximum Gasteiger partial charge on any atom is 0.283 e. The third-order valence-electron chi connectivity index (χ3n) is 3.93. The summed E-state index contributed by atoms with van der Waals surface area (Å²) in [6, 6.07) is 3.86. The Kier molecular flexibility index (Phi) is 6.61. The second-order valence-corrected chi connectivity index (χ2v) is 6.84. The fourth-order valence-electron chi connectivity index (χ4n) is 2.62. The number of hydrogen-bond acceptors (Lipinski definition) is 3. The van der Waals surface area contributed by atoms with Crippen LogP contribution in [-0.2, 0) is 17.9 Å². The van der Waals surface area contributed by atoms with Crippen LogP contribution in [0.4, 0.5) is 27.6 Å². The molecule has 2 aromatic heterocycles. The minimum absolute atomic E-state index is 0.178. The van der Waals surface area contributed by atoms with Crippen LogP contribution >= 0.6 is 23.2 Å². The molecule has 0 saturated heterocycles. The first-order valence-corrected chi connectivity index (χ1v) is 9.00. The fraction of sp³-hybridized carbons (Fsp3) is 0.235. The molecule has 0 spiro atoms. The van der Waals surface area contributed by atoms with E-state index in [4.69, 9.17) is 23.2 Å². The van der Waals surface area contributed by atoms with Crippen molar-refractivity contribution in [2.24, 2.45) is 0 Å². The molecule has 1 N–H and O–H groups in total. The van der Waals surface area contributed by atoms with Gasteiger partial charge in [0, 0.05) is 11.2 Å². The first kappa shape index (κ1) is 22.0. The van der Waals surface area contributed by atoms with Crippen LogP contribution in [0.2, 0.25) is 10.0 Å². The van der Waals surface area contributed by atoms with Gasteiger partial charge in [0.1, 0.15) is 23.7 Å². The highest BCUT2D eigenvalue weighted by Gasteiger charge is 2.28. The summed E-state index contributed by atoms with van der Waals surface area (Å²) in [7, 11) is 0. The summed E-state index contributed by atoms with van der Waals surface area (Å²) in [6.07, 6.45) is -3.67. The van der Waals surface area contributed by atoms with Gasteiger partial charge in [-0.1, -0.05) is 29.3 Å². The lowest BCUT2D eigenvalue weighted by atomic mass is 10.2. The van der Waals surface area contributed by atoms with Crippen LogP contribution in [-0.4, -0.2) is 25.5 Å². The zero-order valence-corrected chi connectivity index (χ0v) is 16.3. The largest absolute Gasteiger partial charge is 0.322 e. The van der Waals surface area contributed by atoms with E-state index < -0.39 is 47.5 Å². The first-order valence-electron chi connectivity index (χ1n) is 8.24. The van der Waals surface area contributed by atoms with Gasteiger partial charge >= 0.3 is 0 Å². The number of nitrogens with zero attached hydrogens (tertiary/aromatic N) is 4. The van der Waals surface area contributed by atoms with Gasteiger partial charge < -0.3 is 5.32 Å². The number of carbonyl (C=O) groups is 1. The van der Waals surface area contributed by atoms with E-state index in [1.807, 2.05) is 0 Å². The molecule has 0 aliphatic rings. The van der Waals surface area contributed by atoms with Gasteiger partial charge in [-0.25, -0.2) is 22.0 Å². The molecule has 0 fully saturated rings. The lowest BCUT2D eigenvalue weighted by Crippen LogP contribution is -2.21. The van der Waals surface area contributed by atoms with E-state index >= 15 is 0 Å². The number of alkyl halides is 4. The molecule has 0 saturated carbocycles. The first-order chi connectivity index (χ1) is 14.2. The van der Waals surface area contributed by atoms with Crippen LogP contribution in [0.1, 0.15) is 29.8 Å². The van der Waals surface area contributed by atoms with E-state index in [0.29, 0.717) is 10.2 Å². The van der Waals surface area contributed by atoms with Crippen molar-refractivity contribution in [3.05, 3.63) is 63.4 Å². The molecule has 13 heteroatoms. The number of nitrogens with one attached hydrogen (secondary N) is 1. The number of amides is 1. The topological polar surface area (TPSA) is 64.7 Å². The number of hydrogen-bond donors (Lipinski definition) is 1. The van der Waals surface area contributed by atoms with Gasteiger partial charge in [0.25, 0.3) is 12.9 Å². The Morgan fingerprint density at radius 3 is 2.53 bits per heavy atom. The average molecular weight is 468 g/mol. The molecule has 0 atom stereocenters. The van der Waals surface area contributed by atoms with Crippen LogP contribution in [0, 0.1) is 5.82 Å². The van der Waals surface area contributed by atoms with E-state index in [0.717, 1.165) is 6.07 Å². The number of anilines is 1. The van der Waals surface area contributed by atoms with Crippen molar-refractivity contribution in [2.75, 3.05) is 5.32 Å². The molecule has 0 radical (unpaired) electrons. The highest BCUT2D eigenvalue weighted by Crippen LogP contribution is 2.34. The molecule has 3 aromatic rings. The van der Waals surface area contributed by atoms with Crippen molar-refractivity contribution in [2.45, 2.75) is 25.9 Å². The Hall–Kier alpha value is -2.66. The zero-order valence-electron chi connectivity index (χ0n) is 14.8. The Morgan fingerprint density at radius 1 is 1.17 bits per heavy atom. The number of rotatable bonds is 7. The Morgan fingerprint density at radius 2 is 1.90 bits per heavy atom. The van der Waals surface area contributed by atoms with Crippen molar-refractivity contribution < 1.29 is 26.7 Å². The normalized spacial score (nSPS) is 11.5. The highest BCUT2D eigenvalue weighted by atomic mass is 35.5. The number of aromatic nitrogens is 4. The van der Waals surface area contributed by atoms with Crippen molar-refractivity contribution in [1.82, 2.24) is 19.6 Å². The summed E-state index contributed by atoms with van der Waals surface area (Å²) < 4.78 is 66.9. The minimum Gasteiger partial charge on any atom is -0.322 e. The van der Waals surface area contributed by atoms with E-state index in [2.05, 4.69) is 15.5 Å². The summed E-state index contributed by atoms with van der Waals surface area (Å²) in [5.74, 6) is -1.30. The van der Waals surface area contributed by atoms with Crippen LogP contribution in [0.15, 0.2) is 30.6 Å². The molecule has 6 nitrogen and oxygen atoms in total. The SMILES string of the molecule is O=C(Cn1nc(C(F)F)c(Cl)c1C(F)F)Nc1cnn(Cc2ccc(F)cc2Cl)c1. The van der Waals surface area contributed by atoms with Crippen molar-refractivity contribution in [1.29, 1.82) is 0 Å². The van der Waals surface area contributed by atoms with Crippen LogP contribution in [0.25, 0.3) is 0 Å². The van der Waals surface area contributed by atoms with Gasteiger partial charge in [-0.05, 0) is 17.7 Å². The smallest absolute Gasteiger partial charge is 0.283 e. The summed E-state index contributed by atoms with van der Waals surface area (Å²) in [4.78, 5) is 12.2. The van der Waals surface area contributed by atoms with Gasteiger partial charge in [0.2, 0.25) is 5.91 Å². The monoisotopic (exact) mass is 467 g/mol. The molecule has 2 heterocycles. The third kappa shape index (κ3) is 4.90. The van der Waals surface area contributed by atoms with Crippen molar-refractivity contribution in [3.8, 4) is 0 Å². The summed E-state index contributed by atoms with van der Waals surface area (Å²) in [5.41, 5.74) is -1.21. The molecular formula is C17H12Cl2F5N5O. The van der Waals surface area contributed by atoms with Crippen molar-refractivity contribution in [3.63, 3.8) is 0 Å². The van der Waals surface area contributed by atoms with Crippen LogP contribution < -0.4 is 5.32 Å². The number of halogens is 7. The molecule has 1 aromatic carbocycles. The second kappa shape index (κ2) is 9.00. The lowest BCUT2D eigenvalue weighted by molar-refractivity contribution is -0.117. The van der Waals surface area contributed by atoms with E-state index in [9.17, 15) is 26.7 Å². The zero-order chi connectivity index (χ0) is 22.0.